The van der Waals surface area contributed by atoms with Crippen molar-refractivity contribution >= 4 is 18.4 Å². The molecule has 0 fully saturated rings. The Kier molecular flexibility index (Phi) is 3.37. The second-order valence-corrected chi connectivity index (χ2v) is 1.96. The zero-order valence-electron chi connectivity index (χ0n) is 5.85. The van der Waals surface area contributed by atoms with Gasteiger partial charge < -0.3 is 15.3 Å². The molecular formula is C7H6ClO4-. The van der Waals surface area contributed by atoms with Crippen LogP contribution in [0.1, 0.15) is 10.4 Å². The highest BCUT2D eigenvalue weighted by atomic mass is 35.5. The molecule has 12 heavy (non-hydrogen) atoms. The third-order valence-electron chi connectivity index (χ3n) is 1.22. The van der Waals surface area contributed by atoms with Gasteiger partial charge in [-0.25, -0.2) is 4.79 Å². The number of rotatable bonds is 1. The van der Waals surface area contributed by atoms with Gasteiger partial charge in [-0.3, -0.25) is 0 Å². The Bertz CT molecular complexity index is 297. The topological polar surface area (TPSA) is 80.6 Å². The highest BCUT2D eigenvalue weighted by molar-refractivity contribution is 5.91. The molecule has 1 rings (SSSR count). The molecule has 0 atom stereocenters. The van der Waals surface area contributed by atoms with Crippen molar-refractivity contribution < 1.29 is 20.1 Å². The smallest absolute Gasteiger partial charge is 0.335 e. The van der Waals surface area contributed by atoms with Crippen molar-refractivity contribution in [2.45, 2.75) is 0 Å². The maximum atomic E-state index is 10.8. The molecule has 0 aliphatic carbocycles. The Balaban J connectivity index is 0.00000121. The zero-order valence-corrected chi connectivity index (χ0v) is 6.67. The number of carbonyl (C=O) groups is 1. The predicted molar refractivity (Wildman–Crippen MR) is 41.8 cm³/mol. The third-order valence-corrected chi connectivity index (χ3v) is 1.22. The first-order valence-electron chi connectivity index (χ1n) is 2.85. The molecule has 5 heteroatoms. The maximum absolute atomic E-state index is 10.8. The van der Waals surface area contributed by atoms with E-state index < -0.39 is 23.0 Å². The van der Waals surface area contributed by atoms with Crippen LogP contribution in [0.2, 0.25) is 0 Å². The molecular weight excluding hydrogens is 184 g/mol. The van der Waals surface area contributed by atoms with Crippen molar-refractivity contribution in [2.24, 2.45) is 0 Å². The lowest BCUT2D eigenvalue weighted by Gasteiger charge is -2.10. The first-order chi connectivity index (χ1) is 5.13. The number of carboxylic acids is 1. The van der Waals surface area contributed by atoms with Crippen molar-refractivity contribution in [3.8, 4) is 11.5 Å². The summed E-state index contributed by atoms with van der Waals surface area (Å²) in [7, 11) is 0. The molecule has 0 aliphatic heterocycles. The van der Waals surface area contributed by atoms with Crippen molar-refractivity contribution in [2.75, 3.05) is 0 Å². The van der Waals surface area contributed by atoms with E-state index in [1.165, 1.54) is 6.07 Å². The van der Waals surface area contributed by atoms with E-state index in [-0.39, 0.29) is 12.4 Å². The number of para-hydroxylation sites is 1. The van der Waals surface area contributed by atoms with Crippen molar-refractivity contribution in [1.82, 2.24) is 0 Å². The molecule has 4 nitrogen and oxygen atoms in total. The third kappa shape index (κ3) is 1.79. The molecule has 0 unspecified atom stereocenters. The van der Waals surface area contributed by atoms with Crippen LogP contribution in [0.5, 0.6) is 11.5 Å². The maximum Gasteiger partial charge on any atom is 0.335 e. The van der Waals surface area contributed by atoms with E-state index in [1.807, 2.05) is 0 Å². The summed E-state index contributed by atoms with van der Waals surface area (Å²) in [5, 5.41) is 27.9. The lowest BCUT2D eigenvalue weighted by atomic mass is 10.2. The number of phenolic OH excluding ortho intramolecular Hbond substituents is 1. The lowest BCUT2D eigenvalue weighted by Crippen LogP contribution is -2.03. The standard InChI is InChI=1S/C7H6O4.ClH/c8-5-3-1-2-4(6(5)9)7(10)11;/h1-3,8-9H,(H,10,11);1H/p-1. The fourth-order valence-corrected chi connectivity index (χ4v) is 0.693. The fraction of sp³-hybridized carbons (Fsp3) is 0. The molecule has 0 radical (unpaired) electrons. The molecule has 0 saturated heterocycles. The van der Waals surface area contributed by atoms with Crippen LogP contribution >= 0.6 is 12.4 Å². The van der Waals surface area contributed by atoms with Crippen LogP contribution in [0, 0.1) is 0 Å². The number of carboxylic acid groups (broad SMARTS) is 1. The van der Waals surface area contributed by atoms with Crippen molar-refractivity contribution in [3.63, 3.8) is 0 Å². The Morgan fingerprint density at radius 3 is 2.42 bits per heavy atom. The van der Waals surface area contributed by atoms with Gasteiger partial charge in [0.1, 0.15) is 5.75 Å². The number of hydrogen-bond acceptors (Lipinski definition) is 3. The van der Waals surface area contributed by atoms with Gasteiger partial charge in [0.05, 0.1) is 5.56 Å². The van der Waals surface area contributed by atoms with E-state index in [2.05, 4.69) is 0 Å². The lowest BCUT2D eigenvalue weighted by molar-refractivity contribution is -0.270. The predicted octanol–water partition coefficient (Wildman–Crippen LogP) is 0.586. The number of phenols is 1. The molecule has 2 N–H and O–H groups in total. The van der Waals surface area contributed by atoms with Gasteiger partial charge in [-0.05, 0) is 12.1 Å². The average Bonchev–Trinajstić information content (AvgIpc) is 1.94. The quantitative estimate of drug-likeness (QED) is 0.678. The van der Waals surface area contributed by atoms with E-state index in [0.29, 0.717) is 0 Å². The molecule has 0 spiro atoms. The second-order valence-electron chi connectivity index (χ2n) is 1.96. The Morgan fingerprint density at radius 1 is 1.42 bits per heavy atom. The van der Waals surface area contributed by atoms with Gasteiger partial charge in [-0.15, -0.1) is 12.4 Å². The Labute approximate surface area is 74.5 Å². The minimum absolute atomic E-state index is 0. The minimum atomic E-state index is -1.33. The molecule has 0 aromatic heterocycles. The minimum Gasteiger partial charge on any atom is -0.869 e. The summed E-state index contributed by atoms with van der Waals surface area (Å²) in [5.41, 5.74) is -0.412. The van der Waals surface area contributed by atoms with Crippen LogP contribution in [0.4, 0.5) is 0 Å². The van der Waals surface area contributed by atoms with Gasteiger partial charge in [-0.1, -0.05) is 11.8 Å². The SMILES string of the molecule is Cl.O=C(O)c1cccc(O)c1[O-]. The molecule has 1 aromatic carbocycles. The van der Waals surface area contributed by atoms with Gasteiger partial charge in [0.2, 0.25) is 0 Å². The molecule has 0 amide bonds. The van der Waals surface area contributed by atoms with Gasteiger partial charge >= 0.3 is 5.97 Å². The molecule has 66 valence electrons. The van der Waals surface area contributed by atoms with Gasteiger partial charge in [0.25, 0.3) is 0 Å². The first-order valence-corrected chi connectivity index (χ1v) is 2.85. The van der Waals surface area contributed by atoms with Crippen molar-refractivity contribution in [1.29, 1.82) is 0 Å². The first kappa shape index (κ1) is 10.6. The molecule has 1 aromatic rings. The summed E-state index contributed by atoms with van der Waals surface area (Å²) in [4.78, 5) is 10.3. The Morgan fingerprint density at radius 2 is 2.00 bits per heavy atom. The number of aromatic carboxylic acids is 1. The summed E-state index contributed by atoms with van der Waals surface area (Å²) in [5.74, 6) is -2.71. The average molecular weight is 190 g/mol. The number of halogens is 1. The van der Waals surface area contributed by atoms with Crippen LogP contribution in [0.15, 0.2) is 18.2 Å². The van der Waals surface area contributed by atoms with Crippen LogP contribution in [0.3, 0.4) is 0 Å². The van der Waals surface area contributed by atoms with Gasteiger partial charge in [0.15, 0.2) is 0 Å². The van der Waals surface area contributed by atoms with Crippen LogP contribution in [-0.2, 0) is 0 Å². The number of aromatic hydroxyl groups is 1. The number of benzene rings is 1. The molecule has 0 saturated carbocycles. The van der Waals surface area contributed by atoms with Gasteiger partial charge in [-0.2, -0.15) is 0 Å². The van der Waals surface area contributed by atoms with Crippen LogP contribution in [0.25, 0.3) is 0 Å². The Hall–Kier alpha value is -1.42. The monoisotopic (exact) mass is 189 g/mol. The largest absolute Gasteiger partial charge is 0.869 e. The van der Waals surface area contributed by atoms with Crippen molar-refractivity contribution in [3.05, 3.63) is 23.8 Å². The highest BCUT2D eigenvalue weighted by Gasteiger charge is 2.04. The molecule has 0 bridgehead atoms. The van der Waals surface area contributed by atoms with E-state index in [0.717, 1.165) is 12.1 Å². The number of hydrogen-bond donors (Lipinski definition) is 2. The molecule has 0 aliphatic rings. The summed E-state index contributed by atoms with van der Waals surface area (Å²) < 4.78 is 0. The van der Waals surface area contributed by atoms with E-state index >= 15 is 0 Å². The van der Waals surface area contributed by atoms with Crippen LogP contribution < -0.4 is 5.11 Å². The van der Waals surface area contributed by atoms with E-state index in [4.69, 9.17) is 10.2 Å². The zero-order chi connectivity index (χ0) is 8.43. The summed E-state index contributed by atoms with van der Waals surface area (Å²) in [6.07, 6.45) is 0. The van der Waals surface area contributed by atoms with Gasteiger partial charge in [0, 0.05) is 0 Å². The summed E-state index contributed by atoms with van der Waals surface area (Å²) in [6.45, 7) is 0. The second kappa shape index (κ2) is 3.82. The fourth-order valence-electron chi connectivity index (χ4n) is 0.693. The van der Waals surface area contributed by atoms with E-state index in [9.17, 15) is 9.90 Å². The van der Waals surface area contributed by atoms with E-state index in [1.54, 1.807) is 0 Å². The normalized spacial score (nSPS) is 8.67. The van der Waals surface area contributed by atoms with Crippen LogP contribution in [-0.4, -0.2) is 16.2 Å². The molecule has 0 heterocycles. The summed E-state index contributed by atoms with van der Waals surface area (Å²) >= 11 is 0. The summed E-state index contributed by atoms with van der Waals surface area (Å²) in [6, 6.07) is 3.60. The highest BCUT2D eigenvalue weighted by Crippen LogP contribution is 2.24.